The fourth-order valence-corrected chi connectivity index (χ4v) is 3.21. The summed E-state index contributed by atoms with van der Waals surface area (Å²) in [6, 6.07) is 12.2. The fraction of sp³-hybridized carbons (Fsp3) is 0.182. The van der Waals surface area contributed by atoms with Crippen LogP contribution in [0.15, 0.2) is 58.3 Å². The zero-order chi connectivity index (χ0) is 22.5. The van der Waals surface area contributed by atoms with E-state index in [1.807, 2.05) is 6.07 Å². The number of ether oxygens (including phenoxy) is 2. The van der Waals surface area contributed by atoms with Crippen molar-refractivity contribution in [2.45, 2.75) is 6.42 Å². The van der Waals surface area contributed by atoms with Crippen molar-refractivity contribution in [3.05, 3.63) is 75.2 Å². The molecule has 4 rings (SSSR count). The predicted molar refractivity (Wildman–Crippen MR) is 118 cm³/mol. The third-order valence-corrected chi connectivity index (χ3v) is 4.76. The molecule has 3 aromatic heterocycles. The van der Waals surface area contributed by atoms with Gasteiger partial charge in [0.05, 0.1) is 19.2 Å². The number of methoxy groups -OCH3 is 1. The minimum Gasteiger partial charge on any atom is -0.493 e. The van der Waals surface area contributed by atoms with Crippen molar-refractivity contribution < 1.29 is 14.3 Å². The van der Waals surface area contributed by atoms with Gasteiger partial charge in [0, 0.05) is 24.0 Å². The van der Waals surface area contributed by atoms with Crippen molar-refractivity contribution in [3.8, 4) is 22.8 Å². The predicted octanol–water partition coefficient (Wildman–Crippen LogP) is 1.81. The van der Waals surface area contributed by atoms with Crippen LogP contribution < -0.4 is 26.0 Å². The lowest BCUT2D eigenvalue weighted by Crippen LogP contribution is -2.26. The first-order chi connectivity index (χ1) is 15.5. The Morgan fingerprint density at radius 1 is 1.06 bits per heavy atom. The highest BCUT2D eigenvalue weighted by Gasteiger charge is 2.12. The van der Waals surface area contributed by atoms with Crippen LogP contribution in [0.5, 0.6) is 11.5 Å². The van der Waals surface area contributed by atoms with E-state index in [-0.39, 0.29) is 11.4 Å². The van der Waals surface area contributed by atoms with E-state index in [4.69, 9.17) is 9.47 Å². The molecule has 0 saturated carbocycles. The summed E-state index contributed by atoms with van der Waals surface area (Å²) >= 11 is 0. The summed E-state index contributed by atoms with van der Waals surface area (Å²) in [4.78, 5) is 47.2. The quantitative estimate of drug-likeness (QED) is 0.311. The number of pyridine rings is 1. The van der Waals surface area contributed by atoms with Gasteiger partial charge in [-0.05, 0) is 42.8 Å². The lowest BCUT2D eigenvalue weighted by molar-refractivity contribution is 0.0946. The van der Waals surface area contributed by atoms with E-state index in [2.05, 4.69) is 25.3 Å². The molecular formula is C22H21N5O5. The Morgan fingerprint density at radius 2 is 1.94 bits per heavy atom. The number of hydrogen-bond acceptors (Lipinski definition) is 6. The van der Waals surface area contributed by atoms with Gasteiger partial charge in [-0.3, -0.25) is 19.6 Å². The van der Waals surface area contributed by atoms with Gasteiger partial charge in [0.1, 0.15) is 11.2 Å². The smallest absolute Gasteiger partial charge is 0.326 e. The molecule has 0 fully saturated rings. The van der Waals surface area contributed by atoms with Crippen LogP contribution in [0.1, 0.15) is 16.9 Å². The highest BCUT2D eigenvalue weighted by atomic mass is 16.5. The topological polar surface area (TPSA) is 142 Å². The van der Waals surface area contributed by atoms with Gasteiger partial charge >= 0.3 is 5.69 Å². The molecule has 0 aliphatic carbocycles. The highest BCUT2D eigenvalue weighted by Crippen LogP contribution is 2.32. The molecule has 0 unspecified atom stereocenters. The molecule has 32 heavy (non-hydrogen) atoms. The average molecular weight is 435 g/mol. The molecule has 0 bridgehead atoms. The number of aromatic nitrogens is 4. The standard InChI is InChI=1S/C22H21N5O5/c1-31-18-11-13(15-12-16-19(25-15)21(29)27-22(30)26-16)6-7-17(18)32-10-4-9-24-20(28)14-5-2-3-8-23-14/h2-3,5-8,11-12,25H,4,9-10H2,1H3,(H,24,28)(H2,26,27,29,30). The van der Waals surface area contributed by atoms with Gasteiger partial charge in [0.2, 0.25) is 0 Å². The van der Waals surface area contributed by atoms with E-state index in [1.54, 1.807) is 42.6 Å². The molecule has 4 N–H and O–H groups in total. The molecule has 4 aromatic rings. The fourth-order valence-electron chi connectivity index (χ4n) is 3.21. The minimum atomic E-state index is -0.564. The molecule has 0 radical (unpaired) electrons. The van der Waals surface area contributed by atoms with Crippen LogP contribution in [-0.4, -0.2) is 46.1 Å². The highest BCUT2D eigenvalue weighted by molar-refractivity contribution is 5.92. The van der Waals surface area contributed by atoms with E-state index in [1.165, 1.54) is 7.11 Å². The van der Waals surface area contributed by atoms with E-state index in [0.717, 1.165) is 5.56 Å². The number of carbonyl (C=O) groups excluding carboxylic acids is 1. The summed E-state index contributed by atoms with van der Waals surface area (Å²) in [7, 11) is 1.53. The maximum absolute atomic E-state index is 12.0. The number of aromatic amines is 3. The summed E-state index contributed by atoms with van der Waals surface area (Å²) < 4.78 is 11.2. The number of H-pyrrole nitrogens is 3. The Kier molecular flexibility index (Phi) is 6.02. The Balaban J connectivity index is 1.38. The lowest BCUT2D eigenvalue weighted by Gasteiger charge is -2.12. The molecule has 0 saturated heterocycles. The molecule has 0 spiro atoms. The number of rotatable bonds is 8. The molecule has 1 amide bonds. The molecule has 1 aromatic carbocycles. The van der Waals surface area contributed by atoms with E-state index in [0.29, 0.717) is 48.0 Å². The third-order valence-electron chi connectivity index (χ3n) is 4.76. The largest absolute Gasteiger partial charge is 0.493 e. The summed E-state index contributed by atoms with van der Waals surface area (Å²) in [5, 5.41) is 2.80. The second-order valence-corrected chi connectivity index (χ2v) is 6.92. The van der Waals surface area contributed by atoms with Gasteiger partial charge in [0.25, 0.3) is 11.5 Å². The second kappa shape index (κ2) is 9.21. The number of hydrogen-bond donors (Lipinski definition) is 4. The number of benzene rings is 1. The molecule has 0 atom stereocenters. The van der Waals surface area contributed by atoms with Crippen LogP contribution in [0, 0.1) is 0 Å². The SMILES string of the molecule is COc1cc(-c2cc3[nH]c(=O)[nH]c(=O)c3[nH]2)ccc1OCCCNC(=O)c1ccccn1. The van der Waals surface area contributed by atoms with Crippen LogP contribution in [0.3, 0.4) is 0 Å². The molecule has 0 aliphatic heterocycles. The summed E-state index contributed by atoms with van der Waals surface area (Å²) in [5.74, 6) is 0.835. The Hall–Kier alpha value is -4.34. The first kappa shape index (κ1) is 20.9. The Labute approximate surface area is 181 Å². The number of nitrogens with zero attached hydrogens (tertiary/aromatic N) is 1. The molecule has 3 heterocycles. The van der Waals surface area contributed by atoms with Crippen LogP contribution in [-0.2, 0) is 0 Å². The van der Waals surface area contributed by atoms with Crippen molar-refractivity contribution in [1.29, 1.82) is 0 Å². The van der Waals surface area contributed by atoms with Crippen molar-refractivity contribution in [1.82, 2.24) is 25.3 Å². The molecule has 10 heteroatoms. The Morgan fingerprint density at radius 3 is 2.72 bits per heavy atom. The number of fused-ring (bicyclic) bond motifs is 1. The summed E-state index contributed by atoms with van der Waals surface area (Å²) in [6.45, 7) is 0.818. The van der Waals surface area contributed by atoms with Crippen LogP contribution >= 0.6 is 0 Å². The van der Waals surface area contributed by atoms with Gasteiger partial charge in [0.15, 0.2) is 11.5 Å². The second-order valence-electron chi connectivity index (χ2n) is 6.92. The normalized spacial score (nSPS) is 10.8. The van der Waals surface area contributed by atoms with E-state index < -0.39 is 11.2 Å². The maximum Gasteiger partial charge on any atom is 0.326 e. The van der Waals surface area contributed by atoms with Crippen molar-refractivity contribution in [2.75, 3.05) is 20.3 Å². The summed E-state index contributed by atoms with van der Waals surface area (Å²) in [6.07, 6.45) is 2.17. The molecule has 164 valence electrons. The molecular weight excluding hydrogens is 414 g/mol. The van der Waals surface area contributed by atoms with Gasteiger partial charge < -0.3 is 24.8 Å². The maximum atomic E-state index is 12.0. The van der Waals surface area contributed by atoms with Crippen LogP contribution in [0.2, 0.25) is 0 Å². The van der Waals surface area contributed by atoms with Crippen molar-refractivity contribution in [3.63, 3.8) is 0 Å². The number of amides is 1. The van der Waals surface area contributed by atoms with Crippen molar-refractivity contribution in [2.24, 2.45) is 0 Å². The monoisotopic (exact) mass is 435 g/mol. The summed E-state index contributed by atoms with van der Waals surface area (Å²) in [5.41, 5.74) is 1.42. The van der Waals surface area contributed by atoms with Gasteiger partial charge in [-0.25, -0.2) is 4.79 Å². The number of carbonyl (C=O) groups is 1. The average Bonchev–Trinajstić information content (AvgIpc) is 3.24. The van der Waals surface area contributed by atoms with Gasteiger partial charge in [-0.1, -0.05) is 6.07 Å². The first-order valence-electron chi connectivity index (χ1n) is 9.91. The minimum absolute atomic E-state index is 0.231. The van der Waals surface area contributed by atoms with Crippen molar-refractivity contribution >= 4 is 16.9 Å². The van der Waals surface area contributed by atoms with Crippen LogP contribution in [0.4, 0.5) is 0 Å². The van der Waals surface area contributed by atoms with E-state index >= 15 is 0 Å². The molecule has 0 aliphatic rings. The van der Waals surface area contributed by atoms with Crippen LogP contribution in [0.25, 0.3) is 22.3 Å². The number of nitrogens with one attached hydrogen (secondary N) is 4. The van der Waals surface area contributed by atoms with Gasteiger partial charge in [-0.15, -0.1) is 0 Å². The van der Waals surface area contributed by atoms with Gasteiger partial charge in [-0.2, -0.15) is 0 Å². The molecule has 10 nitrogen and oxygen atoms in total. The Bertz CT molecular complexity index is 1360. The third kappa shape index (κ3) is 4.53. The lowest BCUT2D eigenvalue weighted by atomic mass is 10.1. The zero-order valence-corrected chi connectivity index (χ0v) is 17.2. The van der Waals surface area contributed by atoms with E-state index in [9.17, 15) is 14.4 Å². The zero-order valence-electron chi connectivity index (χ0n) is 17.2. The first-order valence-corrected chi connectivity index (χ1v) is 9.91.